The predicted molar refractivity (Wildman–Crippen MR) is 53.7 cm³/mol. The van der Waals surface area contributed by atoms with E-state index >= 15 is 0 Å². The van der Waals surface area contributed by atoms with E-state index in [9.17, 15) is 4.79 Å². The lowest BCUT2D eigenvalue weighted by atomic mass is 9.90. The minimum atomic E-state index is -0.587. The van der Waals surface area contributed by atoms with Crippen molar-refractivity contribution in [2.24, 2.45) is 5.73 Å². The van der Waals surface area contributed by atoms with Gasteiger partial charge in [-0.3, -0.25) is 0 Å². The normalized spacial score (nSPS) is 9.62. The van der Waals surface area contributed by atoms with Crippen molar-refractivity contribution < 1.29 is 9.90 Å². The zero-order chi connectivity index (χ0) is 9.84. The first-order valence-corrected chi connectivity index (χ1v) is 3.90. The molecule has 0 aromatic heterocycles. The van der Waals surface area contributed by atoms with Crippen LogP contribution in [-0.2, 0) is 6.61 Å². The molecule has 2 amide bonds. The van der Waals surface area contributed by atoms with E-state index < -0.39 is 6.03 Å². The molecule has 4 N–H and O–H groups in total. The largest absolute Gasteiger partial charge is 0.392 e. The van der Waals surface area contributed by atoms with E-state index in [0.717, 1.165) is 11.0 Å². The maximum absolute atomic E-state index is 10.5. The van der Waals surface area contributed by atoms with Crippen molar-refractivity contribution in [3.63, 3.8) is 0 Å². The minimum absolute atomic E-state index is 0.00266. The average Bonchev–Trinajstić information content (AvgIpc) is 2.03. The first-order valence-electron chi connectivity index (χ1n) is 3.90. The monoisotopic (exact) mass is 178 g/mol. The molecular formula is C8H11BN2O2. The van der Waals surface area contributed by atoms with Crippen LogP contribution >= 0.6 is 0 Å². The van der Waals surface area contributed by atoms with Gasteiger partial charge in [0.25, 0.3) is 0 Å². The highest BCUT2D eigenvalue weighted by molar-refractivity contribution is 6.33. The third-order valence-corrected chi connectivity index (χ3v) is 1.78. The Morgan fingerprint density at radius 1 is 1.62 bits per heavy atom. The van der Waals surface area contributed by atoms with E-state index in [1.54, 1.807) is 18.2 Å². The van der Waals surface area contributed by atoms with Gasteiger partial charge in [0.05, 0.1) is 6.61 Å². The van der Waals surface area contributed by atoms with E-state index in [4.69, 9.17) is 10.8 Å². The molecule has 13 heavy (non-hydrogen) atoms. The van der Waals surface area contributed by atoms with Gasteiger partial charge in [0.2, 0.25) is 0 Å². The maximum atomic E-state index is 10.5. The van der Waals surface area contributed by atoms with E-state index in [2.05, 4.69) is 5.32 Å². The zero-order valence-electron chi connectivity index (χ0n) is 7.37. The summed E-state index contributed by atoms with van der Waals surface area (Å²) in [7, 11) is 1.86. The zero-order valence-corrected chi connectivity index (χ0v) is 7.37. The molecule has 0 saturated carbocycles. The molecule has 4 nitrogen and oxygen atoms in total. The van der Waals surface area contributed by atoms with Crippen LogP contribution in [0.25, 0.3) is 0 Å². The van der Waals surface area contributed by atoms with Crippen molar-refractivity contribution in [1.82, 2.24) is 0 Å². The number of hydrogen-bond donors (Lipinski definition) is 3. The van der Waals surface area contributed by atoms with Crippen LogP contribution in [0.3, 0.4) is 0 Å². The fourth-order valence-corrected chi connectivity index (χ4v) is 1.09. The Bertz CT molecular complexity index is 328. The van der Waals surface area contributed by atoms with E-state index in [1.165, 1.54) is 0 Å². The summed E-state index contributed by atoms with van der Waals surface area (Å²) in [6.07, 6.45) is 0. The molecule has 1 rings (SSSR count). The number of primary amides is 1. The number of anilines is 1. The van der Waals surface area contributed by atoms with Gasteiger partial charge in [-0.1, -0.05) is 11.5 Å². The third-order valence-electron chi connectivity index (χ3n) is 1.78. The molecule has 0 radical (unpaired) electrons. The molecule has 0 saturated heterocycles. The highest BCUT2D eigenvalue weighted by Crippen LogP contribution is 2.06. The Kier molecular flexibility index (Phi) is 2.92. The molecule has 0 atom stereocenters. The lowest BCUT2D eigenvalue weighted by molar-refractivity contribution is 0.259. The summed E-state index contributed by atoms with van der Waals surface area (Å²) in [5, 5.41) is 11.3. The number of aliphatic hydroxyl groups excluding tert-OH is 1. The average molecular weight is 178 g/mol. The van der Waals surface area contributed by atoms with Gasteiger partial charge in [-0.05, 0) is 17.7 Å². The maximum Gasteiger partial charge on any atom is 0.316 e. The minimum Gasteiger partial charge on any atom is -0.392 e. The van der Waals surface area contributed by atoms with E-state index in [0.29, 0.717) is 5.69 Å². The lowest BCUT2D eigenvalue weighted by Crippen LogP contribution is -2.21. The summed E-state index contributed by atoms with van der Waals surface area (Å²) >= 11 is 0. The van der Waals surface area contributed by atoms with Crippen LogP contribution in [0.1, 0.15) is 5.56 Å². The Morgan fingerprint density at radius 2 is 2.31 bits per heavy atom. The van der Waals surface area contributed by atoms with Crippen LogP contribution < -0.4 is 16.5 Å². The van der Waals surface area contributed by atoms with Crippen LogP contribution in [0.15, 0.2) is 18.2 Å². The first-order chi connectivity index (χ1) is 6.13. The molecule has 0 unspecified atom stereocenters. The van der Waals surface area contributed by atoms with Crippen LogP contribution in [0.5, 0.6) is 0 Å². The lowest BCUT2D eigenvalue weighted by Gasteiger charge is -2.06. The predicted octanol–water partition coefficient (Wildman–Crippen LogP) is -1.07. The fraction of sp³-hybridized carbons (Fsp3) is 0.125. The number of rotatable bonds is 2. The third kappa shape index (κ3) is 2.49. The fourth-order valence-electron chi connectivity index (χ4n) is 1.09. The SMILES string of the molecule is Bc1cc(NC(N)=O)ccc1CO. The van der Waals surface area contributed by atoms with Crippen LogP contribution in [-0.4, -0.2) is 19.0 Å². The number of carbonyl (C=O) groups is 1. The van der Waals surface area contributed by atoms with Gasteiger partial charge in [0.15, 0.2) is 0 Å². The molecule has 0 aliphatic carbocycles. The second kappa shape index (κ2) is 3.95. The summed E-state index contributed by atoms with van der Waals surface area (Å²) in [5.41, 5.74) is 7.35. The summed E-state index contributed by atoms with van der Waals surface area (Å²) in [6.45, 7) is 0.00266. The summed E-state index contributed by atoms with van der Waals surface area (Å²) in [4.78, 5) is 10.5. The Balaban J connectivity index is 2.89. The molecule has 0 heterocycles. The van der Waals surface area contributed by atoms with Crippen LogP contribution in [0.4, 0.5) is 10.5 Å². The number of hydrogen-bond acceptors (Lipinski definition) is 2. The van der Waals surface area contributed by atoms with Crippen molar-refractivity contribution in [2.45, 2.75) is 6.61 Å². The summed E-state index contributed by atoms with van der Waals surface area (Å²) in [6, 6.07) is 4.62. The van der Waals surface area contributed by atoms with E-state index in [1.807, 2.05) is 7.85 Å². The van der Waals surface area contributed by atoms with Crippen molar-refractivity contribution in [3.8, 4) is 0 Å². The number of nitrogens with two attached hydrogens (primary N) is 1. The van der Waals surface area contributed by atoms with Crippen LogP contribution in [0, 0.1) is 0 Å². The molecule has 0 aliphatic rings. The highest BCUT2D eigenvalue weighted by atomic mass is 16.3. The Labute approximate surface area is 77.2 Å². The molecule has 1 aromatic rings. The van der Waals surface area contributed by atoms with Crippen molar-refractivity contribution in [3.05, 3.63) is 23.8 Å². The van der Waals surface area contributed by atoms with Gasteiger partial charge in [-0.2, -0.15) is 0 Å². The molecule has 5 heteroatoms. The van der Waals surface area contributed by atoms with Gasteiger partial charge in [-0.25, -0.2) is 4.79 Å². The number of aliphatic hydroxyl groups is 1. The first kappa shape index (κ1) is 9.60. The van der Waals surface area contributed by atoms with Crippen molar-refractivity contribution in [1.29, 1.82) is 0 Å². The number of urea groups is 1. The quantitative estimate of drug-likeness (QED) is 0.504. The number of nitrogens with one attached hydrogen (secondary N) is 1. The molecule has 0 aliphatic heterocycles. The van der Waals surface area contributed by atoms with Crippen LogP contribution in [0.2, 0.25) is 0 Å². The molecular weight excluding hydrogens is 167 g/mol. The van der Waals surface area contributed by atoms with E-state index in [-0.39, 0.29) is 6.61 Å². The van der Waals surface area contributed by atoms with Crippen molar-refractivity contribution in [2.75, 3.05) is 5.32 Å². The van der Waals surface area contributed by atoms with Crippen molar-refractivity contribution >= 4 is 25.0 Å². The van der Waals surface area contributed by atoms with Gasteiger partial charge < -0.3 is 16.2 Å². The molecule has 0 fully saturated rings. The molecule has 68 valence electrons. The summed E-state index contributed by atoms with van der Waals surface area (Å²) in [5.74, 6) is 0. The van der Waals surface area contributed by atoms with Gasteiger partial charge in [0, 0.05) is 5.69 Å². The molecule has 0 bridgehead atoms. The summed E-state index contributed by atoms with van der Waals surface area (Å²) < 4.78 is 0. The molecule has 0 spiro atoms. The number of amides is 2. The second-order valence-electron chi connectivity index (χ2n) is 2.79. The number of carbonyl (C=O) groups excluding carboxylic acids is 1. The highest BCUT2D eigenvalue weighted by Gasteiger charge is 1.99. The number of benzene rings is 1. The topological polar surface area (TPSA) is 75.3 Å². The van der Waals surface area contributed by atoms with Gasteiger partial charge in [0.1, 0.15) is 7.85 Å². The molecule has 1 aromatic carbocycles. The Morgan fingerprint density at radius 3 is 2.77 bits per heavy atom. The van der Waals surface area contributed by atoms with Gasteiger partial charge in [-0.15, -0.1) is 0 Å². The smallest absolute Gasteiger partial charge is 0.316 e. The van der Waals surface area contributed by atoms with Gasteiger partial charge >= 0.3 is 6.03 Å². The Hall–Kier alpha value is -1.49. The second-order valence-corrected chi connectivity index (χ2v) is 2.79. The standard InChI is InChI=1S/C8H11BN2O2/c9-7-3-6(11-8(10)13)2-1-5(7)4-12/h1-3,12H,4,9H2,(H3,10,11,13).